The first-order valence-corrected chi connectivity index (χ1v) is 6.73. The van der Waals surface area contributed by atoms with Gasteiger partial charge in [-0.3, -0.25) is 0 Å². The number of hydrogen-bond acceptors (Lipinski definition) is 1. The van der Waals surface area contributed by atoms with Crippen molar-refractivity contribution < 1.29 is 17.9 Å². The fourth-order valence-corrected chi connectivity index (χ4v) is 2.10. The molecule has 0 radical (unpaired) electrons. The Morgan fingerprint density at radius 1 is 1.22 bits per heavy atom. The van der Waals surface area contributed by atoms with Gasteiger partial charge in [-0.05, 0) is 37.5 Å². The molecule has 0 aliphatic carbocycles. The van der Waals surface area contributed by atoms with E-state index in [1.54, 1.807) is 0 Å². The molecule has 1 atom stereocenters. The zero-order valence-electron chi connectivity index (χ0n) is 10.1. The van der Waals surface area contributed by atoms with Crippen LogP contribution in [-0.2, 0) is 17.3 Å². The van der Waals surface area contributed by atoms with Gasteiger partial charge in [0.1, 0.15) is 0 Å². The van der Waals surface area contributed by atoms with E-state index in [0.29, 0.717) is 19.6 Å². The molecular formula is C13H16BrF3O. The van der Waals surface area contributed by atoms with E-state index in [0.717, 1.165) is 24.1 Å². The predicted octanol–water partition coefficient (Wildman–Crippen LogP) is 4.44. The molecule has 1 aromatic rings. The van der Waals surface area contributed by atoms with Crippen LogP contribution < -0.4 is 0 Å². The molecule has 1 aromatic carbocycles. The van der Waals surface area contributed by atoms with Gasteiger partial charge in [0.2, 0.25) is 0 Å². The largest absolute Gasteiger partial charge is 0.416 e. The monoisotopic (exact) mass is 324 g/mol. The molecule has 0 bridgehead atoms. The Bertz CT molecular complexity index is 348. The zero-order chi connectivity index (χ0) is 13.6. The van der Waals surface area contributed by atoms with Crippen molar-refractivity contribution in [2.24, 2.45) is 0 Å². The van der Waals surface area contributed by atoms with E-state index in [9.17, 15) is 13.2 Å². The number of benzene rings is 1. The lowest BCUT2D eigenvalue weighted by Gasteiger charge is -2.11. The van der Waals surface area contributed by atoms with Crippen LogP contribution in [-0.4, -0.2) is 18.0 Å². The fourth-order valence-electron chi connectivity index (χ4n) is 1.54. The van der Waals surface area contributed by atoms with Crippen molar-refractivity contribution in [3.63, 3.8) is 0 Å². The van der Waals surface area contributed by atoms with Crippen LogP contribution in [0.3, 0.4) is 0 Å². The third kappa shape index (κ3) is 5.40. The summed E-state index contributed by atoms with van der Waals surface area (Å²) in [4.78, 5) is 0.223. The van der Waals surface area contributed by atoms with Crippen LogP contribution in [0.2, 0.25) is 0 Å². The Labute approximate surface area is 113 Å². The van der Waals surface area contributed by atoms with Gasteiger partial charge < -0.3 is 4.74 Å². The first-order chi connectivity index (χ1) is 8.43. The highest BCUT2D eigenvalue weighted by molar-refractivity contribution is 9.09. The summed E-state index contributed by atoms with van der Waals surface area (Å²) in [5, 5.41) is 0. The van der Waals surface area contributed by atoms with Crippen LogP contribution in [0, 0.1) is 0 Å². The number of alkyl halides is 4. The van der Waals surface area contributed by atoms with Crippen molar-refractivity contribution in [1.82, 2.24) is 0 Å². The van der Waals surface area contributed by atoms with Crippen LogP contribution in [0.5, 0.6) is 0 Å². The third-order valence-electron chi connectivity index (χ3n) is 2.52. The van der Waals surface area contributed by atoms with Gasteiger partial charge in [0.15, 0.2) is 0 Å². The van der Waals surface area contributed by atoms with E-state index < -0.39 is 11.7 Å². The summed E-state index contributed by atoms with van der Waals surface area (Å²) in [5.74, 6) is 0. The molecule has 102 valence electrons. The Kier molecular flexibility index (Phi) is 6.15. The normalized spacial score (nSPS) is 13.6. The second-order valence-corrected chi connectivity index (χ2v) is 5.28. The molecule has 0 amide bonds. The Balaban J connectivity index is 2.48. The van der Waals surface area contributed by atoms with Gasteiger partial charge in [-0.25, -0.2) is 0 Å². The molecule has 0 aliphatic rings. The average molecular weight is 325 g/mol. The minimum absolute atomic E-state index is 0.223. The summed E-state index contributed by atoms with van der Waals surface area (Å²) in [6.07, 6.45) is -2.72. The predicted molar refractivity (Wildman–Crippen MR) is 69.0 cm³/mol. The van der Waals surface area contributed by atoms with Crippen LogP contribution in [0.4, 0.5) is 13.2 Å². The molecule has 0 aromatic heterocycles. The van der Waals surface area contributed by atoms with Gasteiger partial charge in [-0.2, -0.15) is 13.2 Å². The van der Waals surface area contributed by atoms with Crippen molar-refractivity contribution in [3.8, 4) is 0 Å². The minimum Gasteiger partial charge on any atom is -0.382 e. The van der Waals surface area contributed by atoms with Crippen molar-refractivity contribution >= 4 is 15.9 Å². The van der Waals surface area contributed by atoms with Gasteiger partial charge in [0, 0.05) is 18.0 Å². The van der Waals surface area contributed by atoms with E-state index in [4.69, 9.17) is 4.74 Å². The molecule has 0 aliphatic heterocycles. The second-order valence-electron chi connectivity index (χ2n) is 3.98. The summed E-state index contributed by atoms with van der Waals surface area (Å²) in [5.41, 5.74) is 0.285. The van der Waals surface area contributed by atoms with Crippen molar-refractivity contribution in [2.45, 2.75) is 30.8 Å². The van der Waals surface area contributed by atoms with Crippen LogP contribution >= 0.6 is 15.9 Å². The fraction of sp³-hybridized carbons (Fsp3) is 0.538. The highest BCUT2D eigenvalue weighted by Gasteiger charge is 2.29. The van der Waals surface area contributed by atoms with Crippen molar-refractivity contribution in [1.29, 1.82) is 0 Å². The van der Waals surface area contributed by atoms with E-state index in [1.807, 2.05) is 6.92 Å². The highest BCUT2D eigenvalue weighted by atomic mass is 79.9. The summed E-state index contributed by atoms with van der Waals surface area (Å²) < 4.78 is 42.3. The SMILES string of the molecule is CCOCCC(Br)Cc1ccc(C(F)(F)F)cc1. The summed E-state index contributed by atoms with van der Waals surface area (Å²) >= 11 is 3.50. The molecule has 1 nitrogen and oxygen atoms in total. The topological polar surface area (TPSA) is 9.23 Å². The molecule has 0 spiro atoms. The smallest absolute Gasteiger partial charge is 0.382 e. The number of hydrogen-bond donors (Lipinski definition) is 0. The lowest BCUT2D eigenvalue weighted by molar-refractivity contribution is -0.137. The van der Waals surface area contributed by atoms with E-state index in [-0.39, 0.29) is 4.83 Å². The van der Waals surface area contributed by atoms with E-state index in [1.165, 1.54) is 12.1 Å². The summed E-state index contributed by atoms with van der Waals surface area (Å²) in [6, 6.07) is 5.30. The van der Waals surface area contributed by atoms with Crippen LogP contribution in [0.25, 0.3) is 0 Å². The molecule has 0 N–H and O–H groups in total. The number of ether oxygens (including phenoxy) is 1. The molecule has 1 unspecified atom stereocenters. The molecule has 0 saturated heterocycles. The second kappa shape index (κ2) is 7.14. The van der Waals surface area contributed by atoms with Crippen LogP contribution in [0.15, 0.2) is 24.3 Å². The zero-order valence-corrected chi connectivity index (χ0v) is 11.7. The van der Waals surface area contributed by atoms with Gasteiger partial charge >= 0.3 is 6.18 Å². The lowest BCUT2D eigenvalue weighted by atomic mass is 10.1. The molecular weight excluding hydrogens is 309 g/mol. The average Bonchev–Trinajstić information content (AvgIpc) is 2.29. The van der Waals surface area contributed by atoms with Gasteiger partial charge in [0.25, 0.3) is 0 Å². The number of halogens is 4. The van der Waals surface area contributed by atoms with Crippen molar-refractivity contribution in [3.05, 3.63) is 35.4 Å². The highest BCUT2D eigenvalue weighted by Crippen LogP contribution is 2.29. The summed E-state index contributed by atoms with van der Waals surface area (Å²) in [7, 11) is 0. The Hall–Kier alpha value is -0.550. The molecule has 5 heteroatoms. The first-order valence-electron chi connectivity index (χ1n) is 5.81. The molecule has 18 heavy (non-hydrogen) atoms. The van der Waals surface area contributed by atoms with Gasteiger partial charge in [-0.1, -0.05) is 28.1 Å². The van der Waals surface area contributed by atoms with E-state index >= 15 is 0 Å². The first kappa shape index (κ1) is 15.5. The lowest BCUT2D eigenvalue weighted by Crippen LogP contribution is -2.08. The molecule has 0 fully saturated rings. The molecule has 1 rings (SSSR count). The maximum absolute atomic E-state index is 12.4. The Morgan fingerprint density at radius 2 is 1.83 bits per heavy atom. The quantitative estimate of drug-likeness (QED) is 0.555. The third-order valence-corrected chi connectivity index (χ3v) is 3.30. The van der Waals surface area contributed by atoms with Gasteiger partial charge in [0.05, 0.1) is 5.56 Å². The number of rotatable bonds is 6. The van der Waals surface area contributed by atoms with E-state index in [2.05, 4.69) is 15.9 Å². The van der Waals surface area contributed by atoms with Gasteiger partial charge in [-0.15, -0.1) is 0 Å². The standard InChI is InChI=1S/C13H16BrF3O/c1-2-18-8-7-12(14)9-10-3-5-11(6-4-10)13(15,16)17/h3-6,12H,2,7-9H2,1H3. The Morgan fingerprint density at radius 3 is 2.33 bits per heavy atom. The minimum atomic E-state index is -4.26. The van der Waals surface area contributed by atoms with Crippen LogP contribution in [0.1, 0.15) is 24.5 Å². The maximum Gasteiger partial charge on any atom is 0.416 e. The molecule has 0 heterocycles. The molecule has 0 saturated carbocycles. The summed E-state index contributed by atoms with van der Waals surface area (Å²) in [6.45, 7) is 3.27. The van der Waals surface area contributed by atoms with Crippen molar-refractivity contribution in [2.75, 3.05) is 13.2 Å². The maximum atomic E-state index is 12.4.